The van der Waals surface area contributed by atoms with Gasteiger partial charge in [0.25, 0.3) is 0 Å². The van der Waals surface area contributed by atoms with E-state index in [1.54, 1.807) is 0 Å². The molecule has 0 aliphatic rings. The summed E-state index contributed by atoms with van der Waals surface area (Å²) in [5.41, 5.74) is 5.91. The molecule has 1 rings (SSSR count). The van der Waals surface area contributed by atoms with E-state index in [0.29, 0.717) is 0 Å². The molecule has 0 saturated carbocycles. The largest absolute Gasteiger partial charge is 0.401 e. The summed E-state index contributed by atoms with van der Waals surface area (Å²) in [4.78, 5) is 12.7. The molecule has 1 amide bonds. The third-order valence-electron chi connectivity index (χ3n) is 2.68. The van der Waals surface area contributed by atoms with E-state index in [1.807, 2.05) is 0 Å². The van der Waals surface area contributed by atoms with Crippen molar-refractivity contribution in [2.24, 2.45) is 0 Å². The number of nitrogen functional groups attached to an aromatic ring is 1. The lowest BCUT2D eigenvalue weighted by Crippen LogP contribution is -2.32. The second kappa shape index (κ2) is 7.26. The molecule has 0 spiro atoms. The van der Waals surface area contributed by atoms with Gasteiger partial charge < -0.3 is 11.1 Å². The van der Waals surface area contributed by atoms with Crippen molar-refractivity contribution >= 4 is 17.3 Å². The van der Waals surface area contributed by atoms with E-state index in [2.05, 4.69) is 5.32 Å². The fraction of sp³-hybridized carbons (Fsp3) is 0.462. The van der Waals surface area contributed by atoms with Crippen LogP contribution in [0.4, 0.5) is 28.9 Å². The lowest BCUT2D eigenvalue weighted by Gasteiger charge is -2.18. The highest BCUT2D eigenvalue weighted by Gasteiger charge is 2.28. The van der Waals surface area contributed by atoms with Crippen LogP contribution in [0.1, 0.15) is 12.8 Å². The maximum absolute atomic E-state index is 12.8. The number of carbonyl (C=O) groups is 1. The number of nitrogens with zero attached hydrogens (tertiary/aromatic N) is 1. The Kier molecular flexibility index (Phi) is 5.95. The molecule has 0 unspecified atom stereocenters. The van der Waals surface area contributed by atoms with Crippen LogP contribution in [-0.4, -0.2) is 37.1 Å². The SMILES string of the molecule is CN(CCCC(=O)Nc1ccc(F)cc1N)CC(F)(F)F. The number of carbonyl (C=O) groups excluding carboxylic acids is 1. The number of hydrogen-bond acceptors (Lipinski definition) is 3. The van der Waals surface area contributed by atoms with Crippen molar-refractivity contribution in [2.75, 3.05) is 31.2 Å². The van der Waals surface area contributed by atoms with E-state index in [9.17, 15) is 22.4 Å². The number of benzene rings is 1. The van der Waals surface area contributed by atoms with E-state index in [0.717, 1.165) is 17.0 Å². The number of nitrogens with one attached hydrogen (secondary N) is 1. The fourth-order valence-electron chi connectivity index (χ4n) is 1.75. The lowest BCUT2D eigenvalue weighted by atomic mass is 10.2. The normalized spacial score (nSPS) is 11.7. The molecular weight excluding hydrogens is 290 g/mol. The molecule has 0 aromatic heterocycles. The molecule has 1 aromatic rings. The first-order chi connectivity index (χ1) is 9.67. The topological polar surface area (TPSA) is 58.4 Å². The molecule has 0 aliphatic carbocycles. The first-order valence-corrected chi connectivity index (χ1v) is 6.27. The third kappa shape index (κ3) is 6.94. The summed E-state index contributed by atoms with van der Waals surface area (Å²) in [6.07, 6.45) is -3.92. The van der Waals surface area contributed by atoms with Gasteiger partial charge >= 0.3 is 6.18 Å². The summed E-state index contributed by atoms with van der Waals surface area (Å²) in [5.74, 6) is -0.895. The van der Waals surface area contributed by atoms with E-state index in [-0.39, 0.29) is 36.7 Å². The standard InChI is InChI=1S/C13H17F4N3O/c1-20(8-13(15,16)17)6-2-3-12(21)19-11-5-4-9(14)7-10(11)18/h4-5,7H,2-3,6,8,18H2,1H3,(H,19,21). The zero-order chi connectivity index (χ0) is 16.0. The van der Waals surface area contributed by atoms with Gasteiger partial charge in [-0.2, -0.15) is 13.2 Å². The Morgan fingerprint density at radius 1 is 1.38 bits per heavy atom. The molecule has 0 atom stereocenters. The van der Waals surface area contributed by atoms with Gasteiger partial charge in [0.15, 0.2) is 0 Å². The minimum absolute atomic E-state index is 0.0546. The Morgan fingerprint density at radius 3 is 2.62 bits per heavy atom. The maximum Gasteiger partial charge on any atom is 0.401 e. The van der Waals surface area contributed by atoms with Gasteiger partial charge in [-0.15, -0.1) is 0 Å². The Labute approximate surface area is 119 Å². The molecule has 0 radical (unpaired) electrons. The van der Waals surface area contributed by atoms with Crippen molar-refractivity contribution in [2.45, 2.75) is 19.0 Å². The van der Waals surface area contributed by atoms with Crippen LogP contribution < -0.4 is 11.1 Å². The van der Waals surface area contributed by atoms with Crippen LogP contribution in [0.3, 0.4) is 0 Å². The number of alkyl halides is 3. The molecule has 3 N–H and O–H groups in total. The minimum Gasteiger partial charge on any atom is -0.397 e. The molecule has 0 saturated heterocycles. The highest BCUT2D eigenvalue weighted by Crippen LogP contribution is 2.19. The van der Waals surface area contributed by atoms with Crippen molar-refractivity contribution in [3.63, 3.8) is 0 Å². The summed E-state index contributed by atoms with van der Waals surface area (Å²) in [7, 11) is 1.34. The summed E-state index contributed by atoms with van der Waals surface area (Å²) < 4.78 is 49.1. The smallest absolute Gasteiger partial charge is 0.397 e. The molecule has 4 nitrogen and oxygen atoms in total. The van der Waals surface area contributed by atoms with Crippen molar-refractivity contribution in [3.8, 4) is 0 Å². The molecule has 8 heteroatoms. The van der Waals surface area contributed by atoms with Crippen LogP contribution in [-0.2, 0) is 4.79 Å². The Hall–Kier alpha value is -1.83. The van der Waals surface area contributed by atoms with Crippen molar-refractivity contribution in [1.29, 1.82) is 0 Å². The predicted molar refractivity (Wildman–Crippen MR) is 72.2 cm³/mol. The number of rotatable bonds is 6. The van der Waals surface area contributed by atoms with Gasteiger partial charge in [-0.25, -0.2) is 4.39 Å². The molecule has 0 aliphatic heterocycles. The quantitative estimate of drug-likeness (QED) is 0.627. The number of halogens is 4. The first kappa shape index (κ1) is 17.2. The highest BCUT2D eigenvalue weighted by molar-refractivity contribution is 5.93. The van der Waals surface area contributed by atoms with Gasteiger partial charge in [0.05, 0.1) is 17.9 Å². The monoisotopic (exact) mass is 307 g/mol. The number of amides is 1. The van der Waals surface area contributed by atoms with Crippen LogP contribution in [0, 0.1) is 5.82 Å². The Morgan fingerprint density at radius 2 is 2.05 bits per heavy atom. The maximum atomic E-state index is 12.8. The predicted octanol–water partition coefficient (Wildman–Crippen LogP) is 2.62. The number of anilines is 2. The van der Waals surface area contributed by atoms with E-state index >= 15 is 0 Å². The molecule has 1 aromatic carbocycles. The van der Waals surface area contributed by atoms with Crippen LogP contribution in [0.15, 0.2) is 18.2 Å². The van der Waals surface area contributed by atoms with Crippen molar-refractivity contribution in [1.82, 2.24) is 4.90 Å². The summed E-state index contributed by atoms with van der Waals surface area (Å²) in [6.45, 7) is -0.870. The Balaban J connectivity index is 2.34. The average molecular weight is 307 g/mol. The van der Waals surface area contributed by atoms with Crippen LogP contribution >= 0.6 is 0 Å². The fourth-order valence-corrected chi connectivity index (χ4v) is 1.75. The second-order valence-corrected chi connectivity index (χ2v) is 4.74. The summed E-state index contributed by atoms with van der Waals surface area (Å²) >= 11 is 0. The molecule has 21 heavy (non-hydrogen) atoms. The van der Waals surface area contributed by atoms with Gasteiger partial charge in [-0.05, 0) is 38.2 Å². The Bertz CT molecular complexity index is 491. The summed E-state index contributed by atoms with van der Waals surface area (Å²) in [6, 6.07) is 3.56. The zero-order valence-corrected chi connectivity index (χ0v) is 11.5. The van der Waals surface area contributed by atoms with Crippen LogP contribution in [0.2, 0.25) is 0 Å². The van der Waals surface area contributed by atoms with Crippen molar-refractivity contribution < 1.29 is 22.4 Å². The minimum atomic E-state index is -4.25. The van der Waals surface area contributed by atoms with Gasteiger partial charge in [-0.3, -0.25) is 9.69 Å². The van der Waals surface area contributed by atoms with Crippen molar-refractivity contribution in [3.05, 3.63) is 24.0 Å². The lowest BCUT2D eigenvalue weighted by molar-refractivity contribution is -0.143. The van der Waals surface area contributed by atoms with E-state index in [4.69, 9.17) is 5.73 Å². The zero-order valence-electron chi connectivity index (χ0n) is 11.5. The van der Waals surface area contributed by atoms with E-state index < -0.39 is 18.5 Å². The first-order valence-electron chi connectivity index (χ1n) is 6.27. The highest BCUT2D eigenvalue weighted by atomic mass is 19.4. The van der Waals surface area contributed by atoms with Gasteiger partial charge in [0.2, 0.25) is 5.91 Å². The molecule has 0 heterocycles. The number of hydrogen-bond donors (Lipinski definition) is 2. The molecule has 0 fully saturated rings. The van der Waals surface area contributed by atoms with Crippen LogP contribution in [0.25, 0.3) is 0 Å². The molecule has 118 valence electrons. The second-order valence-electron chi connectivity index (χ2n) is 4.74. The summed E-state index contributed by atoms with van der Waals surface area (Å²) in [5, 5.41) is 2.49. The molecule has 0 bridgehead atoms. The van der Waals surface area contributed by atoms with Gasteiger partial charge in [-0.1, -0.05) is 0 Å². The van der Waals surface area contributed by atoms with Gasteiger partial charge in [0.1, 0.15) is 5.82 Å². The third-order valence-corrected chi connectivity index (χ3v) is 2.68. The van der Waals surface area contributed by atoms with E-state index in [1.165, 1.54) is 13.1 Å². The average Bonchev–Trinajstić information content (AvgIpc) is 2.30. The van der Waals surface area contributed by atoms with Crippen LogP contribution in [0.5, 0.6) is 0 Å². The number of nitrogens with two attached hydrogens (primary N) is 1. The molecular formula is C13H17F4N3O. The van der Waals surface area contributed by atoms with Gasteiger partial charge in [0, 0.05) is 6.42 Å².